The molecule has 0 saturated heterocycles. The Hall–Kier alpha value is -2.41. The lowest BCUT2D eigenvalue weighted by Gasteiger charge is -2.10. The zero-order valence-corrected chi connectivity index (χ0v) is 15.2. The lowest BCUT2D eigenvalue weighted by Crippen LogP contribution is -2.08. The Morgan fingerprint density at radius 3 is 2.60 bits per heavy atom. The van der Waals surface area contributed by atoms with Crippen molar-refractivity contribution in [3.05, 3.63) is 65.0 Å². The molecular formula is C18H19FN4OS. The van der Waals surface area contributed by atoms with E-state index in [1.54, 1.807) is 23.0 Å². The molecule has 2 aromatic heterocycles. The summed E-state index contributed by atoms with van der Waals surface area (Å²) in [7, 11) is 1.85. The number of halogens is 1. The molecule has 0 amide bonds. The van der Waals surface area contributed by atoms with E-state index in [0.717, 1.165) is 17.0 Å². The number of Topliss-reactive ketones (excluding diaryl/α,β-unsaturated/α-hetero) is 1. The summed E-state index contributed by atoms with van der Waals surface area (Å²) in [6.45, 7) is 4.53. The Labute approximate surface area is 149 Å². The van der Waals surface area contributed by atoms with Gasteiger partial charge in [-0.3, -0.25) is 4.79 Å². The van der Waals surface area contributed by atoms with Crippen molar-refractivity contribution >= 4 is 17.5 Å². The van der Waals surface area contributed by atoms with E-state index in [9.17, 15) is 9.18 Å². The molecule has 25 heavy (non-hydrogen) atoms. The molecule has 5 nitrogen and oxygen atoms in total. The van der Waals surface area contributed by atoms with Gasteiger partial charge in [0.2, 0.25) is 0 Å². The number of ketones is 1. The van der Waals surface area contributed by atoms with Gasteiger partial charge in [0, 0.05) is 30.5 Å². The van der Waals surface area contributed by atoms with Crippen LogP contribution in [0.2, 0.25) is 0 Å². The molecule has 0 atom stereocenters. The van der Waals surface area contributed by atoms with Crippen LogP contribution in [0.15, 0.2) is 41.8 Å². The first-order chi connectivity index (χ1) is 12.0. The second kappa shape index (κ2) is 7.23. The van der Waals surface area contributed by atoms with Gasteiger partial charge in [-0.1, -0.05) is 23.9 Å². The van der Waals surface area contributed by atoms with E-state index in [1.165, 1.54) is 23.9 Å². The van der Waals surface area contributed by atoms with Gasteiger partial charge in [-0.05, 0) is 37.6 Å². The van der Waals surface area contributed by atoms with Crippen LogP contribution in [-0.2, 0) is 13.6 Å². The molecule has 2 heterocycles. The summed E-state index contributed by atoms with van der Waals surface area (Å²) in [5.41, 5.74) is 3.64. The highest BCUT2D eigenvalue weighted by atomic mass is 32.2. The van der Waals surface area contributed by atoms with E-state index >= 15 is 0 Å². The molecule has 0 N–H and O–H groups in total. The zero-order valence-electron chi connectivity index (χ0n) is 14.4. The Morgan fingerprint density at radius 1 is 1.24 bits per heavy atom. The molecule has 0 radical (unpaired) electrons. The van der Waals surface area contributed by atoms with E-state index in [1.807, 2.05) is 27.0 Å². The van der Waals surface area contributed by atoms with E-state index in [2.05, 4.69) is 14.8 Å². The third-order valence-corrected chi connectivity index (χ3v) is 5.16. The smallest absolute Gasteiger partial charge is 0.191 e. The minimum atomic E-state index is -0.249. The van der Waals surface area contributed by atoms with Crippen LogP contribution in [0.4, 0.5) is 4.39 Å². The molecule has 0 aliphatic rings. The van der Waals surface area contributed by atoms with Crippen molar-refractivity contribution in [2.24, 2.45) is 7.05 Å². The fraction of sp³-hybridized carbons (Fsp3) is 0.278. The Bertz CT molecular complexity index is 898. The van der Waals surface area contributed by atoms with Crippen molar-refractivity contribution in [3.8, 4) is 0 Å². The summed E-state index contributed by atoms with van der Waals surface area (Å²) in [5, 5.41) is 8.50. The average molecular weight is 358 g/mol. The number of carbonyl (C=O) groups excluding carboxylic acids is 1. The first-order valence-corrected chi connectivity index (χ1v) is 8.85. The molecule has 0 fully saturated rings. The molecule has 0 spiro atoms. The summed E-state index contributed by atoms with van der Waals surface area (Å²) < 4.78 is 16.9. The fourth-order valence-electron chi connectivity index (χ4n) is 2.71. The van der Waals surface area contributed by atoms with Crippen molar-refractivity contribution in [1.29, 1.82) is 0 Å². The van der Waals surface area contributed by atoms with E-state index in [4.69, 9.17) is 0 Å². The lowest BCUT2D eigenvalue weighted by molar-refractivity contribution is 0.102. The van der Waals surface area contributed by atoms with E-state index in [0.29, 0.717) is 23.0 Å². The van der Waals surface area contributed by atoms with Gasteiger partial charge in [0.1, 0.15) is 12.1 Å². The maximum Gasteiger partial charge on any atom is 0.191 e. The fourth-order valence-corrected chi connectivity index (χ4v) is 3.48. The SMILES string of the molecule is Cc1cc(C(=O)CSc2nncn2C)c(C)n1Cc1ccc(F)cc1. The Morgan fingerprint density at radius 2 is 1.96 bits per heavy atom. The van der Waals surface area contributed by atoms with Crippen LogP contribution in [0.5, 0.6) is 0 Å². The van der Waals surface area contributed by atoms with Crippen LogP contribution in [0.3, 0.4) is 0 Å². The summed E-state index contributed by atoms with van der Waals surface area (Å²) >= 11 is 1.37. The number of rotatable bonds is 6. The predicted octanol–water partition coefficient (Wildman–Crippen LogP) is 3.40. The number of nitrogens with zero attached hydrogens (tertiary/aromatic N) is 4. The van der Waals surface area contributed by atoms with Crippen LogP contribution in [-0.4, -0.2) is 30.9 Å². The second-order valence-electron chi connectivity index (χ2n) is 5.93. The maximum absolute atomic E-state index is 13.1. The largest absolute Gasteiger partial charge is 0.344 e. The molecule has 0 bridgehead atoms. The number of carbonyl (C=O) groups is 1. The molecule has 130 valence electrons. The van der Waals surface area contributed by atoms with Gasteiger partial charge >= 0.3 is 0 Å². The van der Waals surface area contributed by atoms with Gasteiger partial charge in [0.05, 0.1) is 5.75 Å². The number of thioether (sulfide) groups is 1. The highest BCUT2D eigenvalue weighted by molar-refractivity contribution is 7.99. The number of hydrogen-bond donors (Lipinski definition) is 0. The molecule has 0 unspecified atom stereocenters. The number of aryl methyl sites for hydroxylation is 2. The molecule has 3 aromatic rings. The average Bonchev–Trinajstić information content (AvgIpc) is 3.12. The monoisotopic (exact) mass is 358 g/mol. The highest BCUT2D eigenvalue weighted by Crippen LogP contribution is 2.21. The summed E-state index contributed by atoms with van der Waals surface area (Å²) in [6, 6.07) is 8.35. The number of hydrogen-bond acceptors (Lipinski definition) is 4. The second-order valence-corrected chi connectivity index (χ2v) is 6.88. The van der Waals surface area contributed by atoms with Crippen LogP contribution in [0, 0.1) is 19.7 Å². The minimum Gasteiger partial charge on any atom is -0.344 e. The lowest BCUT2D eigenvalue weighted by atomic mass is 10.2. The Balaban J connectivity index is 1.75. The number of benzene rings is 1. The van der Waals surface area contributed by atoms with Crippen molar-refractivity contribution in [3.63, 3.8) is 0 Å². The third-order valence-electron chi connectivity index (χ3n) is 4.13. The Kier molecular flexibility index (Phi) is 5.03. The quantitative estimate of drug-likeness (QED) is 0.501. The van der Waals surface area contributed by atoms with Gasteiger partial charge in [-0.25, -0.2) is 4.39 Å². The summed E-state index contributed by atoms with van der Waals surface area (Å²) in [4.78, 5) is 12.6. The van der Waals surface area contributed by atoms with Gasteiger partial charge in [0.15, 0.2) is 10.9 Å². The van der Waals surface area contributed by atoms with Gasteiger partial charge < -0.3 is 9.13 Å². The maximum atomic E-state index is 13.1. The van der Waals surface area contributed by atoms with Crippen molar-refractivity contribution in [2.45, 2.75) is 25.5 Å². The first kappa shape index (κ1) is 17.4. The van der Waals surface area contributed by atoms with Crippen LogP contribution >= 0.6 is 11.8 Å². The van der Waals surface area contributed by atoms with Crippen molar-refractivity contribution in [1.82, 2.24) is 19.3 Å². The van der Waals surface area contributed by atoms with E-state index < -0.39 is 0 Å². The predicted molar refractivity (Wildman–Crippen MR) is 95.5 cm³/mol. The molecule has 1 aromatic carbocycles. The molecule has 3 rings (SSSR count). The van der Waals surface area contributed by atoms with Crippen molar-refractivity contribution in [2.75, 3.05) is 5.75 Å². The van der Waals surface area contributed by atoms with Gasteiger partial charge in [-0.2, -0.15) is 0 Å². The van der Waals surface area contributed by atoms with Gasteiger partial charge in [0.25, 0.3) is 0 Å². The van der Waals surface area contributed by atoms with Crippen LogP contribution in [0.25, 0.3) is 0 Å². The standard InChI is InChI=1S/C18H19FN4OS/c1-12-8-16(17(24)10-25-18-21-20-11-22(18)3)13(2)23(12)9-14-4-6-15(19)7-5-14/h4-8,11H,9-10H2,1-3H3. The number of aromatic nitrogens is 4. The van der Waals surface area contributed by atoms with E-state index in [-0.39, 0.29) is 11.6 Å². The summed E-state index contributed by atoms with van der Waals surface area (Å²) in [5.74, 6) is 0.126. The third kappa shape index (κ3) is 3.82. The normalized spacial score (nSPS) is 11.0. The van der Waals surface area contributed by atoms with Crippen LogP contribution in [0.1, 0.15) is 27.3 Å². The minimum absolute atomic E-state index is 0.0615. The molecular weight excluding hydrogens is 339 g/mol. The van der Waals surface area contributed by atoms with Gasteiger partial charge in [-0.15, -0.1) is 10.2 Å². The molecule has 0 aliphatic carbocycles. The molecule has 0 aliphatic heterocycles. The zero-order chi connectivity index (χ0) is 18.0. The van der Waals surface area contributed by atoms with Crippen LogP contribution < -0.4 is 0 Å². The first-order valence-electron chi connectivity index (χ1n) is 7.87. The molecule has 0 saturated carbocycles. The molecule has 7 heteroatoms. The summed E-state index contributed by atoms with van der Waals surface area (Å²) in [6.07, 6.45) is 1.61. The van der Waals surface area contributed by atoms with Crippen molar-refractivity contribution < 1.29 is 9.18 Å². The topological polar surface area (TPSA) is 52.7 Å². The highest BCUT2D eigenvalue weighted by Gasteiger charge is 2.17.